The second kappa shape index (κ2) is 11.3. The van der Waals surface area contributed by atoms with Crippen LogP contribution >= 0.6 is 0 Å². The van der Waals surface area contributed by atoms with Crippen LogP contribution in [0.3, 0.4) is 0 Å². The van der Waals surface area contributed by atoms with Gasteiger partial charge in [0.1, 0.15) is 36.7 Å². The van der Waals surface area contributed by atoms with Crippen LogP contribution in [0.2, 0.25) is 0 Å². The second-order valence-corrected chi connectivity index (χ2v) is 10.1. The average Bonchev–Trinajstić information content (AvgIpc) is 3.43. The Hall–Kier alpha value is -3.76. The van der Waals surface area contributed by atoms with Crippen molar-refractivity contribution < 1.29 is 33.3 Å². The van der Waals surface area contributed by atoms with Crippen LogP contribution in [0.4, 0.5) is 5.82 Å². The molecule has 0 amide bonds. The van der Waals surface area contributed by atoms with Crippen molar-refractivity contribution in [1.29, 1.82) is 5.26 Å². The van der Waals surface area contributed by atoms with Crippen LogP contribution in [0.1, 0.15) is 47.2 Å². The van der Waals surface area contributed by atoms with E-state index in [-0.39, 0.29) is 17.4 Å². The lowest BCUT2D eigenvalue weighted by Crippen LogP contribution is -2.47. The van der Waals surface area contributed by atoms with E-state index in [1.165, 1.54) is 16.9 Å². The van der Waals surface area contributed by atoms with Gasteiger partial charge in [0, 0.05) is 0 Å². The number of hydrogen-bond acceptors (Lipinski definition) is 12. The fraction of sp³-hybridized carbons (Fsp3) is 0.600. The van der Waals surface area contributed by atoms with Gasteiger partial charge in [0.2, 0.25) is 5.60 Å². The molecule has 0 saturated carbocycles. The first-order chi connectivity index (χ1) is 17.8. The standard InChI is InChI=1S/C25H34N6O7/c1-12(2)18(27)24(34)35-9-16-19(36-22(32)13(3)4)20(37-23(33)14(5)6)25(10-26,38-16)17-8-7-15-21(28)29-11-30-31(15)17/h7-8,11-14,16,18-20H,9,27H2,1-6H3,(H2,28,29,30)/t16-,18+,19-,20-,25+/m1/s1. The van der Waals surface area contributed by atoms with Crippen LogP contribution in [0.5, 0.6) is 0 Å². The van der Waals surface area contributed by atoms with Crippen molar-refractivity contribution in [2.24, 2.45) is 23.5 Å². The minimum atomic E-state index is -2.02. The van der Waals surface area contributed by atoms with E-state index in [1.807, 2.05) is 0 Å². The van der Waals surface area contributed by atoms with Gasteiger partial charge < -0.3 is 30.4 Å². The van der Waals surface area contributed by atoms with Crippen molar-refractivity contribution in [3.63, 3.8) is 0 Å². The Morgan fingerprint density at radius 2 is 1.74 bits per heavy atom. The Kier molecular flexibility index (Phi) is 8.58. The molecule has 0 aliphatic carbocycles. The fourth-order valence-corrected chi connectivity index (χ4v) is 3.87. The van der Waals surface area contributed by atoms with Gasteiger partial charge in [-0.15, -0.1) is 0 Å². The summed E-state index contributed by atoms with van der Waals surface area (Å²) in [5.41, 5.74) is 10.4. The summed E-state index contributed by atoms with van der Waals surface area (Å²) in [6.07, 6.45) is -2.73. The van der Waals surface area contributed by atoms with Gasteiger partial charge in [-0.2, -0.15) is 10.4 Å². The van der Waals surface area contributed by atoms with Gasteiger partial charge in [-0.1, -0.05) is 41.5 Å². The summed E-state index contributed by atoms with van der Waals surface area (Å²) in [5, 5.41) is 14.7. The number of nitrogens with zero attached hydrogens (tertiary/aromatic N) is 4. The molecule has 1 aliphatic rings. The van der Waals surface area contributed by atoms with E-state index in [1.54, 1.807) is 47.6 Å². The number of hydrogen-bond donors (Lipinski definition) is 2. The van der Waals surface area contributed by atoms with Gasteiger partial charge in [-0.05, 0) is 18.1 Å². The van der Waals surface area contributed by atoms with Crippen molar-refractivity contribution in [3.05, 3.63) is 24.2 Å². The predicted octanol–water partition coefficient (Wildman–Crippen LogP) is 1.09. The second-order valence-electron chi connectivity index (χ2n) is 10.1. The van der Waals surface area contributed by atoms with Crippen LogP contribution in [0, 0.1) is 29.1 Å². The zero-order chi connectivity index (χ0) is 28.4. The Morgan fingerprint density at radius 3 is 2.32 bits per heavy atom. The SMILES string of the molecule is CC(C)C(=O)O[C@H]1[C@@H](OC(=O)C(C)C)[C@](C#N)(c2ccc3c(N)ncnn23)O[C@@H]1COC(=O)[C@@H](N)C(C)C. The molecular formula is C25H34N6O7. The number of nitrogens with two attached hydrogens (primary N) is 2. The number of esters is 3. The highest BCUT2D eigenvalue weighted by Gasteiger charge is 2.63. The number of carbonyl (C=O) groups is 3. The van der Waals surface area contributed by atoms with Crippen molar-refractivity contribution >= 4 is 29.2 Å². The molecule has 1 fully saturated rings. The number of nitriles is 1. The molecule has 3 heterocycles. The van der Waals surface area contributed by atoms with E-state index in [9.17, 15) is 19.6 Å². The summed E-state index contributed by atoms with van der Waals surface area (Å²) < 4.78 is 24.5. The summed E-state index contributed by atoms with van der Waals surface area (Å²) in [7, 11) is 0. The Balaban J connectivity index is 2.13. The summed E-state index contributed by atoms with van der Waals surface area (Å²) in [6, 6.07) is 4.31. The number of anilines is 1. The monoisotopic (exact) mass is 530 g/mol. The highest BCUT2D eigenvalue weighted by atomic mass is 16.7. The maximum Gasteiger partial charge on any atom is 0.323 e. The Labute approximate surface area is 220 Å². The largest absolute Gasteiger partial charge is 0.462 e. The number of fused-ring (bicyclic) bond motifs is 1. The van der Waals surface area contributed by atoms with E-state index in [2.05, 4.69) is 16.2 Å². The lowest BCUT2D eigenvalue weighted by molar-refractivity contribution is -0.173. The molecule has 4 N–H and O–H groups in total. The molecule has 1 aliphatic heterocycles. The summed E-state index contributed by atoms with van der Waals surface area (Å²) in [4.78, 5) is 42.0. The molecule has 1 saturated heterocycles. The molecule has 38 heavy (non-hydrogen) atoms. The topological polar surface area (TPSA) is 194 Å². The van der Waals surface area contributed by atoms with E-state index in [4.69, 9.17) is 30.4 Å². The molecule has 0 unspecified atom stereocenters. The third-order valence-electron chi connectivity index (χ3n) is 6.25. The Morgan fingerprint density at radius 1 is 1.11 bits per heavy atom. The molecule has 0 bridgehead atoms. The van der Waals surface area contributed by atoms with Gasteiger partial charge in [-0.3, -0.25) is 14.4 Å². The zero-order valence-electron chi connectivity index (χ0n) is 22.3. The van der Waals surface area contributed by atoms with Crippen LogP contribution in [0.25, 0.3) is 5.52 Å². The molecule has 0 aromatic carbocycles. The molecular weight excluding hydrogens is 496 g/mol. The van der Waals surface area contributed by atoms with Gasteiger partial charge in [0.05, 0.1) is 17.5 Å². The van der Waals surface area contributed by atoms with E-state index in [0.717, 1.165) is 0 Å². The normalized spacial score (nSPS) is 24.0. The van der Waals surface area contributed by atoms with Gasteiger partial charge in [0.15, 0.2) is 18.0 Å². The van der Waals surface area contributed by atoms with Crippen molar-refractivity contribution in [2.45, 2.75) is 71.5 Å². The molecule has 13 heteroatoms. The quantitative estimate of drug-likeness (QED) is 0.346. The average molecular weight is 531 g/mol. The molecule has 2 aromatic rings. The first-order valence-electron chi connectivity index (χ1n) is 12.3. The molecule has 2 aromatic heterocycles. The lowest BCUT2D eigenvalue weighted by Gasteiger charge is -2.29. The molecule has 206 valence electrons. The van der Waals surface area contributed by atoms with Gasteiger partial charge in [0.25, 0.3) is 0 Å². The molecule has 0 spiro atoms. The minimum absolute atomic E-state index is 0.143. The van der Waals surface area contributed by atoms with Crippen LogP contribution in [0.15, 0.2) is 18.5 Å². The number of rotatable bonds is 9. The number of aromatic nitrogens is 3. The van der Waals surface area contributed by atoms with Crippen molar-refractivity contribution in [2.75, 3.05) is 12.3 Å². The minimum Gasteiger partial charge on any atom is -0.462 e. The van der Waals surface area contributed by atoms with Crippen LogP contribution < -0.4 is 11.5 Å². The first-order valence-corrected chi connectivity index (χ1v) is 12.3. The van der Waals surface area contributed by atoms with Crippen LogP contribution in [-0.4, -0.2) is 63.5 Å². The third kappa shape index (κ3) is 5.41. The van der Waals surface area contributed by atoms with E-state index >= 15 is 0 Å². The van der Waals surface area contributed by atoms with E-state index in [0.29, 0.717) is 5.52 Å². The zero-order valence-corrected chi connectivity index (χ0v) is 22.3. The predicted molar refractivity (Wildman–Crippen MR) is 133 cm³/mol. The summed E-state index contributed by atoms with van der Waals surface area (Å²) >= 11 is 0. The molecule has 0 radical (unpaired) electrons. The highest BCUT2D eigenvalue weighted by Crippen LogP contribution is 2.44. The third-order valence-corrected chi connectivity index (χ3v) is 6.25. The van der Waals surface area contributed by atoms with E-state index < -0.39 is 66.3 Å². The van der Waals surface area contributed by atoms with Crippen molar-refractivity contribution in [3.8, 4) is 6.07 Å². The smallest absolute Gasteiger partial charge is 0.323 e. The number of carbonyl (C=O) groups excluding carboxylic acids is 3. The fourth-order valence-electron chi connectivity index (χ4n) is 3.87. The summed E-state index contributed by atoms with van der Waals surface area (Å²) in [6.45, 7) is 9.60. The lowest BCUT2D eigenvalue weighted by atomic mass is 9.91. The number of nitrogen functional groups attached to an aromatic ring is 1. The first kappa shape index (κ1) is 28.8. The van der Waals surface area contributed by atoms with Gasteiger partial charge >= 0.3 is 17.9 Å². The highest BCUT2D eigenvalue weighted by molar-refractivity contribution is 5.76. The molecule has 5 atom stereocenters. The van der Waals surface area contributed by atoms with Crippen molar-refractivity contribution in [1.82, 2.24) is 14.6 Å². The maximum absolute atomic E-state index is 12.8. The summed E-state index contributed by atoms with van der Waals surface area (Å²) in [5.74, 6) is -3.15. The molecule has 13 nitrogen and oxygen atoms in total. The Bertz CT molecular complexity index is 1240. The molecule has 3 rings (SSSR count). The maximum atomic E-state index is 12.8. The van der Waals surface area contributed by atoms with Crippen LogP contribution in [-0.2, 0) is 38.9 Å². The number of ether oxygens (including phenoxy) is 4. The van der Waals surface area contributed by atoms with Gasteiger partial charge in [-0.25, -0.2) is 9.50 Å².